The summed E-state index contributed by atoms with van der Waals surface area (Å²) in [7, 11) is 0. The fraction of sp³-hybridized carbons (Fsp3) is 0.467. The van der Waals surface area contributed by atoms with Gasteiger partial charge in [-0.2, -0.15) is 0 Å². The monoisotopic (exact) mass is 264 g/mol. The number of hydrogen-bond acceptors (Lipinski definition) is 4. The van der Waals surface area contributed by atoms with E-state index in [1.165, 1.54) is 31.5 Å². The Morgan fingerprint density at radius 1 is 1.16 bits per heavy atom. The molecule has 0 amide bonds. The first-order chi connectivity index (χ1) is 8.40. The summed E-state index contributed by atoms with van der Waals surface area (Å²) in [5.74, 6) is 0. The summed E-state index contributed by atoms with van der Waals surface area (Å²) in [6.07, 6.45) is 4.63. The van der Waals surface area contributed by atoms with E-state index in [4.69, 9.17) is 0 Å². The van der Waals surface area contributed by atoms with Gasteiger partial charge in [0.15, 0.2) is 0 Å². The van der Waals surface area contributed by atoms with E-state index >= 15 is 0 Å². The number of hydrogen-bond donors (Lipinski definition) is 3. The van der Waals surface area contributed by atoms with Crippen LogP contribution in [0.2, 0.25) is 0 Å². The van der Waals surface area contributed by atoms with E-state index in [1.807, 2.05) is 6.08 Å². The van der Waals surface area contributed by atoms with E-state index in [1.54, 1.807) is 0 Å². The Morgan fingerprint density at radius 2 is 1.79 bits per heavy atom. The molecule has 19 heavy (non-hydrogen) atoms. The Kier molecular flexibility index (Phi) is 9.08. The van der Waals surface area contributed by atoms with Crippen molar-refractivity contribution in [3.8, 4) is 0 Å². The number of nitrogens with zero attached hydrogens (tertiary/aromatic N) is 1. The first-order valence-electron chi connectivity index (χ1n) is 6.52. The van der Waals surface area contributed by atoms with E-state index in [0.29, 0.717) is 6.04 Å². The van der Waals surface area contributed by atoms with Crippen LogP contribution in [0.15, 0.2) is 43.0 Å². The van der Waals surface area contributed by atoms with E-state index in [-0.39, 0.29) is 12.3 Å². The molecule has 0 radical (unpaired) electrons. The largest absolute Gasteiger partial charge is 0.344 e. The Labute approximate surface area is 117 Å². The van der Waals surface area contributed by atoms with Crippen LogP contribution in [0.5, 0.6) is 0 Å². The highest BCUT2D eigenvalue weighted by Crippen LogP contribution is 2.17. The molecule has 1 heterocycles. The molecule has 0 aromatic heterocycles. The van der Waals surface area contributed by atoms with Gasteiger partial charge in [0, 0.05) is 19.1 Å². The van der Waals surface area contributed by atoms with Crippen LogP contribution in [0.3, 0.4) is 0 Å². The van der Waals surface area contributed by atoms with Crippen molar-refractivity contribution >= 4 is 0 Å². The highest BCUT2D eigenvalue weighted by Gasteiger charge is 2.17. The van der Waals surface area contributed by atoms with Crippen LogP contribution < -0.4 is 17.6 Å². The molecule has 1 aliphatic heterocycles. The lowest BCUT2D eigenvalue weighted by molar-refractivity contribution is 0.296. The Hall–Kier alpha value is -1.20. The number of likely N-dealkylation sites (tertiary alicyclic amines) is 1. The van der Waals surface area contributed by atoms with Crippen LogP contribution in [0, 0.1) is 0 Å². The van der Waals surface area contributed by atoms with Gasteiger partial charge in [0.05, 0.1) is 0 Å². The molecule has 0 bridgehead atoms. The highest BCUT2D eigenvalue weighted by molar-refractivity contribution is 5.19. The molecule has 7 N–H and O–H groups in total. The second-order valence-electron chi connectivity index (χ2n) is 4.67. The summed E-state index contributed by atoms with van der Waals surface area (Å²) >= 11 is 0. The van der Waals surface area contributed by atoms with Crippen LogP contribution in [0.1, 0.15) is 24.4 Å². The van der Waals surface area contributed by atoms with Crippen LogP contribution in [0.4, 0.5) is 0 Å². The molecule has 1 aliphatic rings. The minimum absolute atomic E-state index is 0. The van der Waals surface area contributed by atoms with Crippen molar-refractivity contribution in [1.29, 1.82) is 0 Å². The van der Waals surface area contributed by atoms with Gasteiger partial charge in [-0.15, -0.1) is 6.58 Å². The second kappa shape index (κ2) is 9.69. The smallest absolute Gasteiger partial charge is 0.0451 e. The molecular formula is C15H28N4. The summed E-state index contributed by atoms with van der Waals surface area (Å²) in [5.41, 5.74) is 1.38. The molecule has 1 unspecified atom stereocenters. The SMILES string of the molecule is C=CCNC(CN1CCCC1)c1ccccc1.N.N. The zero-order chi connectivity index (χ0) is 11.9. The first kappa shape index (κ1) is 17.8. The van der Waals surface area contributed by atoms with Gasteiger partial charge in [-0.25, -0.2) is 0 Å². The normalized spacial score (nSPS) is 16.2. The fourth-order valence-electron chi connectivity index (χ4n) is 2.42. The minimum Gasteiger partial charge on any atom is -0.344 e. The summed E-state index contributed by atoms with van der Waals surface area (Å²) < 4.78 is 0. The van der Waals surface area contributed by atoms with Crippen molar-refractivity contribution in [2.45, 2.75) is 18.9 Å². The standard InChI is InChI=1S/C15H22N2.2H3N/c1-2-10-16-15(13-17-11-6-7-12-17)14-8-4-3-5-9-14;;/h2-5,8-9,15-16H,1,6-7,10-13H2;2*1H3. The van der Waals surface area contributed by atoms with E-state index in [9.17, 15) is 0 Å². The summed E-state index contributed by atoms with van der Waals surface area (Å²) in [5, 5.41) is 3.55. The van der Waals surface area contributed by atoms with Gasteiger partial charge in [0.2, 0.25) is 0 Å². The van der Waals surface area contributed by atoms with Crippen LogP contribution in [-0.4, -0.2) is 31.1 Å². The molecule has 0 saturated carbocycles. The molecule has 1 atom stereocenters. The van der Waals surface area contributed by atoms with Gasteiger partial charge in [-0.05, 0) is 31.5 Å². The third-order valence-electron chi connectivity index (χ3n) is 3.35. The first-order valence-corrected chi connectivity index (χ1v) is 6.52. The van der Waals surface area contributed by atoms with Gasteiger partial charge in [-0.3, -0.25) is 0 Å². The molecule has 108 valence electrons. The molecule has 1 saturated heterocycles. The van der Waals surface area contributed by atoms with Gasteiger partial charge in [0.25, 0.3) is 0 Å². The predicted molar refractivity (Wildman–Crippen MR) is 83.1 cm³/mol. The fourth-order valence-corrected chi connectivity index (χ4v) is 2.42. The summed E-state index contributed by atoms with van der Waals surface area (Å²) in [4.78, 5) is 2.55. The molecule has 4 heteroatoms. The van der Waals surface area contributed by atoms with Gasteiger partial charge in [-0.1, -0.05) is 36.4 Å². The lowest BCUT2D eigenvalue weighted by Gasteiger charge is -2.24. The van der Waals surface area contributed by atoms with Gasteiger partial charge in [0.1, 0.15) is 0 Å². The van der Waals surface area contributed by atoms with E-state index < -0.39 is 0 Å². The van der Waals surface area contributed by atoms with E-state index in [0.717, 1.165) is 13.1 Å². The van der Waals surface area contributed by atoms with Crippen molar-refractivity contribution in [1.82, 2.24) is 22.5 Å². The van der Waals surface area contributed by atoms with Crippen molar-refractivity contribution in [2.75, 3.05) is 26.2 Å². The van der Waals surface area contributed by atoms with Gasteiger partial charge < -0.3 is 22.5 Å². The van der Waals surface area contributed by atoms with Crippen LogP contribution >= 0.6 is 0 Å². The number of nitrogens with one attached hydrogen (secondary N) is 1. The average Bonchev–Trinajstić information content (AvgIpc) is 2.88. The molecule has 0 aliphatic carbocycles. The highest BCUT2D eigenvalue weighted by atomic mass is 15.2. The number of benzene rings is 1. The molecular weight excluding hydrogens is 236 g/mol. The van der Waals surface area contributed by atoms with Crippen molar-refractivity contribution in [3.05, 3.63) is 48.6 Å². The van der Waals surface area contributed by atoms with E-state index in [2.05, 4.69) is 47.1 Å². The van der Waals surface area contributed by atoms with Gasteiger partial charge >= 0.3 is 0 Å². The molecule has 2 rings (SSSR count). The molecule has 0 spiro atoms. The van der Waals surface area contributed by atoms with Crippen LogP contribution in [0.25, 0.3) is 0 Å². The topological polar surface area (TPSA) is 85.3 Å². The third kappa shape index (κ3) is 5.53. The third-order valence-corrected chi connectivity index (χ3v) is 3.35. The maximum absolute atomic E-state index is 3.78. The Bertz CT molecular complexity index is 333. The molecule has 1 aromatic carbocycles. The zero-order valence-corrected chi connectivity index (χ0v) is 11.9. The zero-order valence-electron chi connectivity index (χ0n) is 11.9. The molecule has 1 aromatic rings. The molecule has 1 fully saturated rings. The number of rotatable bonds is 6. The average molecular weight is 264 g/mol. The van der Waals surface area contributed by atoms with Crippen molar-refractivity contribution in [3.63, 3.8) is 0 Å². The Balaban J connectivity index is 0.00000162. The second-order valence-corrected chi connectivity index (χ2v) is 4.67. The van der Waals surface area contributed by atoms with Crippen molar-refractivity contribution in [2.24, 2.45) is 0 Å². The minimum atomic E-state index is 0. The Morgan fingerprint density at radius 3 is 2.37 bits per heavy atom. The quantitative estimate of drug-likeness (QED) is 0.690. The molecule has 4 nitrogen and oxygen atoms in total. The predicted octanol–water partition coefficient (Wildman–Crippen LogP) is 2.92. The van der Waals surface area contributed by atoms with Crippen LogP contribution in [-0.2, 0) is 0 Å². The summed E-state index contributed by atoms with van der Waals surface area (Å²) in [6.45, 7) is 8.26. The lowest BCUT2D eigenvalue weighted by Crippen LogP contribution is -2.33. The lowest BCUT2D eigenvalue weighted by atomic mass is 10.1. The maximum atomic E-state index is 3.78. The maximum Gasteiger partial charge on any atom is 0.0451 e. The summed E-state index contributed by atoms with van der Waals surface area (Å²) in [6, 6.07) is 11.1. The van der Waals surface area contributed by atoms with Crippen molar-refractivity contribution < 1.29 is 0 Å².